The van der Waals surface area contributed by atoms with Gasteiger partial charge in [-0.15, -0.1) is 0 Å². The lowest BCUT2D eigenvalue weighted by atomic mass is 9.98. The van der Waals surface area contributed by atoms with Gasteiger partial charge in [-0.25, -0.2) is 8.78 Å². The lowest BCUT2D eigenvalue weighted by Gasteiger charge is -2.33. The van der Waals surface area contributed by atoms with Crippen molar-refractivity contribution in [1.82, 2.24) is 29.5 Å². The van der Waals surface area contributed by atoms with Gasteiger partial charge in [-0.1, -0.05) is 6.07 Å². The highest BCUT2D eigenvalue weighted by atomic mass is 19.1. The number of amides is 2. The fourth-order valence-corrected chi connectivity index (χ4v) is 4.99. The molecule has 0 fully saturated rings. The average Bonchev–Trinajstić information content (AvgIpc) is 3.46. The first-order valence-corrected chi connectivity index (χ1v) is 11.5. The van der Waals surface area contributed by atoms with Gasteiger partial charge in [-0.2, -0.15) is 5.10 Å². The largest absolute Gasteiger partial charge is 0.348 e. The van der Waals surface area contributed by atoms with Crippen molar-refractivity contribution in [3.05, 3.63) is 82.6 Å². The minimum Gasteiger partial charge on any atom is -0.348 e. The molecule has 2 aliphatic heterocycles. The van der Waals surface area contributed by atoms with E-state index in [4.69, 9.17) is 0 Å². The van der Waals surface area contributed by atoms with Gasteiger partial charge in [-0.3, -0.25) is 19.3 Å². The molecule has 0 bridgehead atoms. The Morgan fingerprint density at radius 1 is 1.17 bits per heavy atom. The Labute approximate surface area is 199 Å². The van der Waals surface area contributed by atoms with Crippen molar-refractivity contribution in [2.24, 2.45) is 0 Å². The summed E-state index contributed by atoms with van der Waals surface area (Å²) in [6.45, 7) is 3.56. The summed E-state index contributed by atoms with van der Waals surface area (Å²) >= 11 is 0. The number of halogens is 2. The number of hydrogen-bond acceptors (Lipinski definition) is 4. The molecule has 1 atom stereocenters. The summed E-state index contributed by atoms with van der Waals surface area (Å²) in [5.74, 6) is -1.76. The Morgan fingerprint density at radius 2 is 2.00 bits per heavy atom. The van der Waals surface area contributed by atoms with Gasteiger partial charge in [0.15, 0.2) is 0 Å². The van der Waals surface area contributed by atoms with Gasteiger partial charge in [0.1, 0.15) is 23.0 Å². The van der Waals surface area contributed by atoms with E-state index < -0.39 is 11.6 Å². The van der Waals surface area contributed by atoms with Crippen LogP contribution in [0, 0.1) is 11.6 Å². The summed E-state index contributed by atoms with van der Waals surface area (Å²) in [5, 5.41) is 4.70. The van der Waals surface area contributed by atoms with Crippen molar-refractivity contribution < 1.29 is 18.4 Å². The molecule has 0 saturated carbocycles. The number of fused-ring (bicyclic) bond motifs is 4. The van der Waals surface area contributed by atoms with Crippen LogP contribution in [0.25, 0.3) is 10.9 Å². The maximum Gasteiger partial charge on any atom is 0.272 e. The van der Waals surface area contributed by atoms with E-state index in [2.05, 4.69) is 15.1 Å². The Balaban J connectivity index is 1.31. The first-order chi connectivity index (χ1) is 16.9. The number of carbonyl (C=O) groups excluding carboxylic acids is 2. The fraction of sp³-hybridized carbons (Fsp3) is 0.280. The van der Waals surface area contributed by atoms with Gasteiger partial charge in [-0.05, 0) is 37.3 Å². The zero-order valence-corrected chi connectivity index (χ0v) is 19.0. The van der Waals surface area contributed by atoms with Gasteiger partial charge in [0.2, 0.25) is 0 Å². The predicted octanol–water partition coefficient (Wildman–Crippen LogP) is 3.28. The van der Waals surface area contributed by atoms with Crippen LogP contribution in [0.15, 0.2) is 42.6 Å². The molecule has 2 amide bonds. The lowest BCUT2D eigenvalue weighted by Crippen LogP contribution is -2.44. The number of benzene rings is 1. The first-order valence-electron chi connectivity index (χ1n) is 11.5. The van der Waals surface area contributed by atoms with Crippen LogP contribution >= 0.6 is 0 Å². The Bertz CT molecular complexity index is 1440. The molecular weight excluding hydrogens is 454 g/mol. The molecule has 35 heavy (non-hydrogen) atoms. The molecule has 8 nitrogen and oxygen atoms in total. The topological polar surface area (TPSA) is 87.1 Å². The number of aromatic amines is 1. The summed E-state index contributed by atoms with van der Waals surface area (Å²) in [4.78, 5) is 37.2. The Morgan fingerprint density at radius 3 is 2.77 bits per heavy atom. The van der Waals surface area contributed by atoms with E-state index in [-0.39, 0.29) is 41.0 Å². The number of nitrogens with one attached hydrogen (secondary N) is 1. The zero-order valence-electron chi connectivity index (χ0n) is 19.0. The minimum atomic E-state index is -0.626. The highest BCUT2D eigenvalue weighted by molar-refractivity contribution is 5.99. The third-order valence-corrected chi connectivity index (χ3v) is 6.81. The van der Waals surface area contributed by atoms with E-state index in [0.717, 1.165) is 29.1 Å². The molecule has 0 saturated heterocycles. The third kappa shape index (κ3) is 3.48. The highest BCUT2D eigenvalue weighted by Gasteiger charge is 2.37. The first kappa shape index (κ1) is 21.5. The number of rotatable bonds is 3. The van der Waals surface area contributed by atoms with Crippen LogP contribution in [0.5, 0.6) is 0 Å². The molecule has 10 heteroatoms. The van der Waals surface area contributed by atoms with Gasteiger partial charge in [0.25, 0.3) is 11.8 Å². The predicted molar refractivity (Wildman–Crippen MR) is 122 cm³/mol. The molecule has 0 aliphatic carbocycles. The maximum atomic E-state index is 14.2. The number of hydrogen-bond donors (Lipinski definition) is 1. The lowest BCUT2D eigenvalue weighted by molar-refractivity contribution is 0.0633. The number of nitrogens with zero attached hydrogens (tertiary/aromatic N) is 5. The number of H-pyrrole nitrogens is 1. The minimum absolute atomic E-state index is 0.0296. The molecule has 6 rings (SSSR count). The van der Waals surface area contributed by atoms with Crippen molar-refractivity contribution in [3.63, 3.8) is 0 Å². The Hall–Kier alpha value is -4.08. The monoisotopic (exact) mass is 476 g/mol. The molecule has 0 unspecified atom stereocenters. The van der Waals surface area contributed by atoms with E-state index in [1.165, 1.54) is 6.07 Å². The van der Waals surface area contributed by atoms with E-state index in [1.54, 1.807) is 20.7 Å². The molecule has 2 aliphatic rings. The van der Waals surface area contributed by atoms with Crippen molar-refractivity contribution in [2.75, 3.05) is 6.54 Å². The molecule has 3 aromatic heterocycles. The average molecular weight is 476 g/mol. The van der Waals surface area contributed by atoms with Crippen molar-refractivity contribution in [3.8, 4) is 0 Å². The maximum absolute atomic E-state index is 14.2. The second-order valence-corrected chi connectivity index (χ2v) is 9.03. The summed E-state index contributed by atoms with van der Waals surface area (Å²) in [6.07, 6.45) is 2.18. The van der Waals surface area contributed by atoms with Crippen molar-refractivity contribution in [2.45, 2.75) is 39.0 Å². The molecule has 178 valence electrons. The molecule has 5 heterocycles. The number of pyridine rings is 1. The third-order valence-electron chi connectivity index (χ3n) is 6.81. The van der Waals surface area contributed by atoms with E-state index in [9.17, 15) is 18.4 Å². The smallest absolute Gasteiger partial charge is 0.272 e. The van der Waals surface area contributed by atoms with Crippen molar-refractivity contribution in [1.29, 1.82) is 0 Å². The van der Waals surface area contributed by atoms with Crippen LogP contribution < -0.4 is 0 Å². The van der Waals surface area contributed by atoms with Crippen LogP contribution in [-0.4, -0.2) is 53.9 Å². The van der Waals surface area contributed by atoms with E-state index >= 15 is 0 Å². The highest BCUT2D eigenvalue weighted by Crippen LogP contribution is 2.31. The quantitative estimate of drug-likeness (QED) is 0.492. The molecule has 1 N–H and O–H groups in total. The second kappa shape index (κ2) is 8.00. The summed E-state index contributed by atoms with van der Waals surface area (Å²) < 4.78 is 30.1. The molecule has 0 radical (unpaired) electrons. The van der Waals surface area contributed by atoms with Crippen molar-refractivity contribution >= 4 is 22.7 Å². The fourth-order valence-electron chi connectivity index (χ4n) is 4.99. The van der Waals surface area contributed by atoms with Crippen LogP contribution in [0.1, 0.15) is 44.9 Å². The summed E-state index contributed by atoms with van der Waals surface area (Å²) in [7, 11) is 0. The Kier molecular flexibility index (Phi) is 4.91. The number of carbonyl (C=O) groups is 2. The number of aromatic nitrogens is 4. The van der Waals surface area contributed by atoms with Crippen LogP contribution in [0.4, 0.5) is 8.78 Å². The van der Waals surface area contributed by atoms with Gasteiger partial charge < -0.3 is 14.8 Å². The van der Waals surface area contributed by atoms with Gasteiger partial charge >= 0.3 is 0 Å². The SMILES string of the molecule is C[C@@H]1Cc2nn3c(c2CN1C(=O)c1cc2c(F)ccc(F)c2[nH]1)C(=O)N(Cc1ccccn1)CC3. The summed E-state index contributed by atoms with van der Waals surface area (Å²) in [6, 6.07) is 8.80. The molecule has 0 spiro atoms. The van der Waals surface area contributed by atoms with Gasteiger partial charge in [0.05, 0.1) is 36.5 Å². The standard InChI is InChI=1S/C25H22F2N6O2/c1-14-10-20-17(13-32(14)24(34)21-11-16-18(26)5-6-19(27)22(16)29-21)23-25(35)31(8-9-33(23)30-20)12-15-4-2-3-7-28-15/h2-7,11,14,29H,8-10,12-13H2,1H3/t14-/m1/s1. The van der Waals surface area contributed by atoms with Crippen LogP contribution in [-0.2, 0) is 26.1 Å². The van der Waals surface area contributed by atoms with Crippen LogP contribution in [0.2, 0.25) is 0 Å². The van der Waals surface area contributed by atoms with Crippen LogP contribution in [0.3, 0.4) is 0 Å². The molecule has 4 aromatic rings. The molecule has 1 aromatic carbocycles. The summed E-state index contributed by atoms with van der Waals surface area (Å²) in [5.41, 5.74) is 2.87. The molecular formula is C25H22F2N6O2. The second-order valence-electron chi connectivity index (χ2n) is 9.03. The van der Waals surface area contributed by atoms with E-state index in [1.807, 2.05) is 25.1 Å². The normalized spacial score (nSPS) is 17.6. The zero-order chi connectivity index (χ0) is 24.3. The van der Waals surface area contributed by atoms with E-state index in [0.29, 0.717) is 31.7 Å². The van der Waals surface area contributed by atoms with Gasteiger partial charge in [0, 0.05) is 36.2 Å².